The van der Waals surface area contributed by atoms with E-state index in [2.05, 4.69) is 24.0 Å². The first-order valence-corrected chi connectivity index (χ1v) is 8.49. The first-order chi connectivity index (χ1) is 12.0. The number of aryl methyl sites for hydroxylation is 1. The van der Waals surface area contributed by atoms with Crippen molar-refractivity contribution in [2.24, 2.45) is 5.41 Å². The minimum absolute atomic E-state index is 0.0793. The van der Waals surface area contributed by atoms with Crippen LogP contribution in [0.2, 0.25) is 0 Å². The summed E-state index contributed by atoms with van der Waals surface area (Å²) in [5, 5.41) is 9.07. The molecule has 1 unspecified atom stereocenters. The molecule has 0 spiro atoms. The largest absolute Gasteiger partial charge is 0.478 e. The Hall–Kier alpha value is -2.69. The highest BCUT2D eigenvalue weighted by Gasteiger charge is 2.36. The molecule has 1 aliphatic heterocycles. The number of carbonyl (C=O) groups is 2. The van der Waals surface area contributed by atoms with Gasteiger partial charge in [0.05, 0.1) is 5.56 Å². The molecule has 1 N–H and O–H groups in total. The quantitative estimate of drug-likeness (QED) is 0.908. The maximum atomic E-state index is 12.7. The molecular formula is C20H22N2O3. The molecule has 3 rings (SSSR count). The highest BCUT2D eigenvalue weighted by atomic mass is 16.4. The van der Waals surface area contributed by atoms with Crippen LogP contribution in [0.15, 0.2) is 48.7 Å². The van der Waals surface area contributed by atoms with Gasteiger partial charge in [-0.15, -0.1) is 0 Å². The first-order valence-electron chi connectivity index (χ1n) is 8.49. The van der Waals surface area contributed by atoms with E-state index in [1.54, 1.807) is 4.90 Å². The Kier molecular flexibility index (Phi) is 4.83. The molecule has 25 heavy (non-hydrogen) atoms. The second kappa shape index (κ2) is 7.05. The molecule has 130 valence electrons. The Labute approximate surface area is 147 Å². The van der Waals surface area contributed by atoms with Gasteiger partial charge in [0, 0.05) is 19.3 Å². The van der Waals surface area contributed by atoms with E-state index in [9.17, 15) is 9.59 Å². The maximum absolute atomic E-state index is 12.7. The molecule has 1 fully saturated rings. The predicted molar refractivity (Wildman–Crippen MR) is 94.6 cm³/mol. The summed E-state index contributed by atoms with van der Waals surface area (Å²) in [7, 11) is 0. The number of aromatic carboxylic acids is 1. The Bertz CT molecular complexity index is 776. The second-order valence-electron chi connectivity index (χ2n) is 7.01. The zero-order valence-corrected chi connectivity index (χ0v) is 14.3. The summed E-state index contributed by atoms with van der Waals surface area (Å²) in [5.41, 5.74) is 1.68. The van der Waals surface area contributed by atoms with Gasteiger partial charge in [-0.05, 0) is 42.4 Å². The summed E-state index contributed by atoms with van der Waals surface area (Å²) in [6, 6.07) is 13.1. The highest BCUT2D eigenvalue weighted by Crippen LogP contribution is 2.35. The number of rotatable bonds is 5. The van der Waals surface area contributed by atoms with E-state index in [4.69, 9.17) is 5.11 Å². The van der Waals surface area contributed by atoms with E-state index in [-0.39, 0.29) is 22.6 Å². The van der Waals surface area contributed by atoms with E-state index in [0.29, 0.717) is 13.1 Å². The van der Waals surface area contributed by atoms with Crippen LogP contribution < -0.4 is 0 Å². The zero-order valence-electron chi connectivity index (χ0n) is 14.3. The number of hydrogen-bond donors (Lipinski definition) is 1. The minimum Gasteiger partial charge on any atom is -0.478 e. The summed E-state index contributed by atoms with van der Waals surface area (Å²) in [4.78, 5) is 29.6. The maximum Gasteiger partial charge on any atom is 0.335 e. The molecule has 0 aliphatic carbocycles. The molecule has 1 amide bonds. The van der Waals surface area contributed by atoms with Crippen LogP contribution in [0.3, 0.4) is 0 Å². The Morgan fingerprint density at radius 1 is 1.24 bits per heavy atom. The van der Waals surface area contributed by atoms with Crippen molar-refractivity contribution in [3.8, 4) is 0 Å². The minimum atomic E-state index is -1.05. The van der Waals surface area contributed by atoms with Crippen LogP contribution in [0.4, 0.5) is 0 Å². The van der Waals surface area contributed by atoms with Crippen LogP contribution in [0.25, 0.3) is 0 Å². The van der Waals surface area contributed by atoms with Crippen molar-refractivity contribution in [1.29, 1.82) is 0 Å². The number of pyridine rings is 1. The first kappa shape index (κ1) is 17.1. The number of carboxylic acids is 1. The average Bonchev–Trinajstić information content (AvgIpc) is 3.03. The van der Waals surface area contributed by atoms with E-state index in [0.717, 1.165) is 19.3 Å². The van der Waals surface area contributed by atoms with Gasteiger partial charge in [0.25, 0.3) is 5.91 Å². The summed E-state index contributed by atoms with van der Waals surface area (Å²) in [6.07, 6.45) is 4.33. The lowest BCUT2D eigenvalue weighted by molar-refractivity contribution is 0.0696. The number of carboxylic acid groups (broad SMARTS) is 1. The fourth-order valence-electron chi connectivity index (χ4n) is 3.33. The molecule has 2 heterocycles. The average molecular weight is 338 g/mol. The molecule has 1 aliphatic rings. The number of aromatic nitrogens is 1. The third kappa shape index (κ3) is 4.05. The van der Waals surface area contributed by atoms with E-state index >= 15 is 0 Å². The van der Waals surface area contributed by atoms with Gasteiger partial charge in [-0.3, -0.25) is 9.78 Å². The Morgan fingerprint density at radius 2 is 2.00 bits per heavy atom. The molecule has 1 saturated heterocycles. The van der Waals surface area contributed by atoms with E-state index in [1.807, 2.05) is 18.2 Å². The Morgan fingerprint density at radius 3 is 2.72 bits per heavy atom. The van der Waals surface area contributed by atoms with Crippen molar-refractivity contribution in [1.82, 2.24) is 9.88 Å². The van der Waals surface area contributed by atoms with Crippen molar-refractivity contribution in [3.63, 3.8) is 0 Å². The van der Waals surface area contributed by atoms with Crippen molar-refractivity contribution < 1.29 is 14.7 Å². The summed E-state index contributed by atoms with van der Waals surface area (Å²) in [6.45, 7) is 3.57. The van der Waals surface area contributed by atoms with Gasteiger partial charge in [0.2, 0.25) is 0 Å². The van der Waals surface area contributed by atoms with Crippen molar-refractivity contribution >= 4 is 11.9 Å². The molecule has 0 radical (unpaired) electrons. The van der Waals surface area contributed by atoms with Crippen LogP contribution in [-0.4, -0.2) is 40.0 Å². The molecule has 0 saturated carbocycles. The van der Waals surface area contributed by atoms with Gasteiger partial charge < -0.3 is 10.0 Å². The summed E-state index contributed by atoms with van der Waals surface area (Å²) in [5.74, 6) is -1.24. The standard InChI is InChI=1S/C20H22N2O3/c1-20(9-7-15-5-3-2-4-6-15)10-12-22(14-20)18(23)17-13-16(19(24)25)8-11-21-17/h2-6,8,11,13H,7,9-10,12,14H2,1H3,(H,24,25). The summed E-state index contributed by atoms with van der Waals surface area (Å²) < 4.78 is 0. The number of hydrogen-bond acceptors (Lipinski definition) is 3. The Balaban J connectivity index is 1.64. The number of benzene rings is 1. The third-order valence-electron chi connectivity index (χ3n) is 4.93. The smallest absolute Gasteiger partial charge is 0.335 e. The van der Waals surface area contributed by atoms with Gasteiger partial charge in [-0.1, -0.05) is 37.3 Å². The number of nitrogens with zero attached hydrogens (tertiary/aromatic N) is 2. The van der Waals surface area contributed by atoms with Gasteiger partial charge in [0.15, 0.2) is 0 Å². The van der Waals surface area contributed by atoms with Crippen LogP contribution >= 0.6 is 0 Å². The van der Waals surface area contributed by atoms with Crippen LogP contribution in [0, 0.1) is 5.41 Å². The lowest BCUT2D eigenvalue weighted by Crippen LogP contribution is -2.32. The van der Waals surface area contributed by atoms with Gasteiger partial charge in [-0.25, -0.2) is 4.79 Å². The molecule has 0 bridgehead atoms. The number of amides is 1. The molecule has 1 aromatic carbocycles. The van der Waals surface area contributed by atoms with Crippen molar-refractivity contribution in [3.05, 3.63) is 65.5 Å². The molecule has 5 nitrogen and oxygen atoms in total. The lowest BCUT2D eigenvalue weighted by Gasteiger charge is -2.24. The van der Waals surface area contributed by atoms with Crippen molar-refractivity contribution in [2.75, 3.05) is 13.1 Å². The van der Waals surface area contributed by atoms with Gasteiger partial charge in [-0.2, -0.15) is 0 Å². The normalized spacial score (nSPS) is 19.8. The molecular weight excluding hydrogens is 316 g/mol. The van der Waals surface area contributed by atoms with Crippen LogP contribution in [0.1, 0.15) is 46.2 Å². The van der Waals surface area contributed by atoms with Crippen molar-refractivity contribution in [2.45, 2.75) is 26.2 Å². The topological polar surface area (TPSA) is 70.5 Å². The lowest BCUT2D eigenvalue weighted by atomic mass is 9.83. The SMILES string of the molecule is CC1(CCc2ccccc2)CCN(C(=O)c2cc(C(=O)O)ccn2)C1. The third-order valence-corrected chi connectivity index (χ3v) is 4.93. The molecule has 2 aromatic rings. The summed E-state index contributed by atoms with van der Waals surface area (Å²) >= 11 is 0. The van der Waals surface area contributed by atoms with Gasteiger partial charge >= 0.3 is 5.97 Å². The second-order valence-corrected chi connectivity index (χ2v) is 7.01. The van der Waals surface area contributed by atoms with Crippen LogP contribution in [-0.2, 0) is 6.42 Å². The monoisotopic (exact) mass is 338 g/mol. The fourth-order valence-corrected chi connectivity index (χ4v) is 3.33. The predicted octanol–water partition coefficient (Wildman–Crippen LogP) is 3.26. The zero-order chi connectivity index (χ0) is 17.9. The highest BCUT2D eigenvalue weighted by molar-refractivity contribution is 5.96. The fraction of sp³-hybridized carbons (Fsp3) is 0.350. The van der Waals surface area contributed by atoms with Crippen LogP contribution in [0.5, 0.6) is 0 Å². The molecule has 1 atom stereocenters. The van der Waals surface area contributed by atoms with Gasteiger partial charge in [0.1, 0.15) is 5.69 Å². The number of carbonyl (C=O) groups excluding carboxylic acids is 1. The number of likely N-dealkylation sites (tertiary alicyclic amines) is 1. The van der Waals surface area contributed by atoms with E-state index in [1.165, 1.54) is 23.9 Å². The molecule has 5 heteroatoms. The molecule has 1 aromatic heterocycles. The van der Waals surface area contributed by atoms with E-state index < -0.39 is 5.97 Å².